The molecule has 29 heavy (non-hydrogen) atoms. The zero-order valence-electron chi connectivity index (χ0n) is 16.0. The monoisotopic (exact) mass is 389 g/mol. The van der Waals surface area contributed by atoms with Crippen molar-refractivity contribution in [3.63, 3.8) is 0 Å². The Balaban J connectivity index is 1.74. The van der Waals surface area contributed by atoms with E-state index in [-0.39, 0.29) is 5.69 Å². The Hall–Kier alpha value is -3.48. The van der Waals surface area contributed by atoms with Crippen LogP contribution in [-0.4, -0.2) is 21.2 Å². The van der Waals surface area contributed by atoms with Gasteiger partial charge < -0.3 is 11.1 Å². The van der Waals surface area contributed by atoms with Gasteiger partial charge in [0.15, 0.2) is 0 Å². The van der Waals surface area contributed by atoms with Gasteiger partial charge in [-0.05, 0) is 48.7 Å². The summed E-state index contributed by atoms with van der Waals surface area (Å²) in [6.07, 6.45) is 6.03. The predicted molar refractivity (Wildman–Crippen MR) is 114 cm³/mol. The van der Waals surface area contributed by atoms with Crippen LogP contribution < -0.4 is 11.1 Å². The maximum atomic E-state index is 11.0. The zero-order chi connectivity index (χ0) is 20.2. The molecule has 0 aliphatic heterocycles. The van der Waals surface area contributed by atoms with Crippen LogP contribution in [0.1, 0.15) is 32.1 Å². The van der Waals surface area contributed by atoms with E-state index >= 15 is 0 Å². The van der Waals surface area contributed by atoms with E-state index in [4.69, 9.17) is 5.73 Å². The summed E-state index contributed by atoms with van der Waals surface area (Å²) in [5.74, 6) is 0.736. The maximum absolute atomic E-state index is 11.0. The second-order valence-electron chi connectivity index (χ2n) is 7.40. The number of anilines is 2. The Labute approximate surface area is 169 Å². The topological polar surface area (TPSA) is 107 Å². The minimum atomic E-state index is -0.411. The third-order valence-corrected chi connectivity index (χ3v) is 5.30. The third-order valence-electron chi connectivity index (χ3n) is 5.30. The Bertz CT molecular complexity index is 1010. The van der Waals surface area contributed by atoms with E-state index in [0.29, 0.717) is 17.4 Å². The molecule has 4 rings (SSSR count). The number of hydrogen-bond acceptors (Lipinski definition) is 6. The van der Waals surface area contributed by atoms with Gasteiger partial charge in [-0.15, -0.1) is 10.2 Å². The van der Waals surface area contributed by atoms with Crippen molar-refractivity contribution in [2.45, 2.75) is 38.1 Å². The minimum absolute atomic E-state index is 0.0443. The first-order valence-electron chi connectivity index (χ1n) is 9.85. The summed E-state index contributed by atoms with van der Waals surface area (Å²) in [5, 5.41) is 23.3. The summed E-state index contributed by atoms with van der Waals surface area (Å²) in [6, 6.07) is 16.4. The van der Waals surface area contributed by atoms with Crippen LogP contribution in [0.3, 0.4) is 0 Å². The summed E-state index contributed by atoms with van der Waals surface area (Å²) in [4.78, 5) is 10.6. The van der Waals surface area contributed by atoms with Gasteiger partial charge in [-0.1, -0.05) is 31.4 Å². The molecule has 7 heteroatoms. The van der Waals surface area contributed by atoms with Crippen LogP contribution in [0.25, 0.3) is 22.4 Å². The standard InChI is InChI=1S/C22H23N5O2/c23-17-6-4-5-16(13-17)20-14-21(24-18-7-2-1-3-8-18)25-26-22(20)15-9-11-19(12-10-15)27(28)29/h4-6,9-14,18H,1-3,7-8,23H2,(H,24,25). The quantitative estimate of drug-likeness (QED) is 0.359. The molecule has 0 unspecified atom stereocenters. The molecule has 0 radical (unpaired) electrons. The van der Waals surface area contributed by atoms with Crippen LogP contribution in [0.4, 0.5) is 17.2 Å². The van der Waals surface area contributed by atoms with E-state index in [1.807, 2.05) is 30.3 Å². The lowest BCUT2D eigenvalue weighted by Crippen LogP contribution is -2.23. The predicted octanol–water partition coefficient (Wildman–Crippen LogP) is 5.05. The van der Waals surface area contributed by atoms with E-state index in [1.54, 1.807) is 12.1 Å². The molecule has 1 aliphatic carbocycles. The van der Waals surface area contributed by atoms with Crippen LogP contribution in [0.2, 0.25) is 0 Å². The smallest absolute Gasteiger partial charge is 0.269 e. The van der Waals surface area contributed by atoms with Crippen molar-refractivity contribution in [2.24, 2.45) is 0 Å². The van der Waals surface area contributed by atoms with Crippen molar-refractivity contribution in [3.8, 4) is 22.4 Å². The number of aromatic nitrogens is 2. The van der Waals surface area contributed by atoms with Crippen LogP contribution >= 0.6 is 0 Å². The number of hydrogen-bond donors (Lipinski definition) is 2. The number of nitro benzene ring substituents is 1. The molecule has 1 fully saturated rings. The van der Waals surface area contributed by atoms with Gasteiger partial charge in [-0.3, -0.25) is 10.1 Å². The molecule has 0 saturated heterocycles. The molecule has 0 atom stereocenters. The van der Waals surface area contributed by atoms with Gasteiger partial charge in [-0.25, -0.2) is 0 Å². The summed E-state index contributed by atoms with van der Waals surface area (Å²) >= 11 is 0. The van der Waals surface area contributed by atoms with Gasteiger partial charge in [-0.2, -0.15) is 0 Å². The van der Waals surface area contributed by atoms with Crippen LogP contribution in [0.5, 0.6) is 0 Å². The molecule has 0 bridgehead atoms. The third kappa shape index (κ3) is 4.34. The molecule has 2 aromatic carbocycles. The number of nitrogens with zero attached hydrogens (tertiary/aromatic N) is 3. The zero-order valence-corrected chi connectivity index (χ0v) is 16.0. The second kappa shape index (κ2) is 8.26. The van der Waals surface area contributed by atoms with Crippen molar-refractivity contribution >= 4 is 17.2 Å². The van der Waals surface area contributed by atoms with Crippen molar-refractivity contribution in [1.29, 1.82) is 0 Å². The SMILES string of the molecule is Nc1cccc(-c2cc(NC3CCCCC3)nnc2-c2ccc([N+](=O)[O-])cc2)c1. The molecule has 1 heterocycles. The van der Waals surface area contributed by atoms with Crippen LogP contribution in [-0.2, 0) is 0 Å². The second-order valence-corrected chi connectivity index (χ2v) is 7.40. The maximum Gasteiger partial charge on any atom is 0.269 e. The lowest BCUT2D eigenvalue weighted by molar-refractivity contribution is -0.384. The number of nitrogen functional groups attached to an aromatic ring is 1. The van der Waals surface area contributed by atoms with E-state index in [0.717, 1.165) is 35.3 Å². The molecule has 3 aromatic rings. The molecular formula is C22H23N5O2. The molecule has 0 amide bonds. The van der Waals surface area contributed by atoms with E-state index < -0.39 is 4.92 Å². The molecule has 1 saturated carbocycles. The fraction of sp³-hybridized carbons (Fsp3) is 0.273. The first-order valence-corrected chi connectivity index (χ1v) is 9.85. The molecular weight excluding hydrogens is 366 g/mol. The van der Waals surface area contributed by atoms with E-state index in [1.165, 1.54) is 31.4 Å². The van der Waals surface area contributed by atoms with Crippen molar-refractivity contribution in [3.05, 3.63) is 64.7 Å². The van der Waals surface area contributed by atoms with Gasteiger partial charge >= 0.3 is 0 Å². The minimum Gasteiger partial charge on any atom is -0.399 e. The first kappa shape index (κ1) is 18.9. The number of nitro groups is 1. The Morgan fingerprint density at radius 1 is 0.966 bits per heavy atom. The average molecular weight is 389 g/mol. The lowest BCUT2D eigenvalue weighted by Gasteiger charge is -2.23. The van der Waals surface area contributed by atoms with Crippen molar-refractivity contribution in [2.75, 3.05) is 11.1 Å². The Kier molecular flexibility index (Phi) is 5.37. The highest BCUT2D eigenvalue weighted by atomic mass is 16.6. The van der Waals surface area contributed by atoms with Gasteiger partial charge in [0.25, 0.3) is 5.69 Å². The Morgan fingerprint density at radius 2 is 1.72 bits per heavy atom. The Morgan fingerprint density at radius 3 is 2.41 bits per heavy atom. The van der Waals surface area contributed by atoms with E-state index in [9.17, 15) is 10.1 Å². The highest BCUT2D eigenvalue weighted by molar-refractivity contribution is 5.83. The summed E-state index contributed by atoms with van der Waals surface area (Å²) < 4.78 is 0. The van der Waals surface area contributed by atoms with Gasteiger partial charge in [0.2, 0.25) is 0 Å². The highest BCUT2D eigenvalue weighted by Crippen LogP contribution is 2.33. The fourth-order valence-electron chi connectivity index (χ4n) is 3.80. The number of benzene rings is 2. The fourth-order valence-corrected chi connectivity index (χ4v) is 3.80. The molecule has 148 valence electrons. The number of rotatable bonds is 5. The largest absolute Gasteiger partial charge is 0.399 e. The molecule has 3 N–H and O–H groups in total. The summed E-state index contributed by atoms with van der Waals surface area (Å²) in [7, 11) is 0. The lowest BCUT2D eigenvalue weighted by atomic mass is 9.95. The highest BCUT2D eigenvalue weighted by Gasteiger charge is 2.17. The first-order chi connectivity index (χ1) is 14.1. The number of nitrogens with two attached hydrogens (primary N) is 1. The number of nitrogens with one attached hydrogen (secondary N) is 1. The van der Waals surface area contributed by atoms with E-state index in [2.05, 4.69) is 15.5 Å². The van der Waals surface area contributed by atoms with Gasteiger partial charge in [0.05, 0.1) is 4.92 Å². The molecule has 0 spiro atoms. The normalized spacial score (nSPS) is 14.5. The summed E-state index contributed by atoms with van der Waals surface area (Å²) in [5.41, 5.74) is 9.96. The van der Waals surface area contributed by atoms with Crippen molar-refractivity contribution < 1.29 is 4.92 Å². The van der Waals surface area contributed by atoms with Crippen molar-refractivity contribution in [1.82, 2.24) is 10.2 Å². The summed E-state index contributed by atoms with van der Waals surface area (Å²) in [6.45, 7) is 0. The van der Waals surface area contributed by atoms with Gasteiger partial charge in [0.1, 0.15) is 11.5 Å². The molecule has 1 aliphatic rings. The van der Waals surface area contributed by atoms with Crippen LogP contribution in [0, 0.1) is 10.1 Å². The van der Waals surface area contributed by atoms with Crippen LogP contribution in [0.15, 0.2) is 54.6 Å². The molecule has 7 nitrogen and oxygen atoms in total. The average Bonchev–Trinajstić information content (AvgIpc) is 2.74. The van der Waals surface area contributed by atoms with Gasteiger partial charge in [0, 0.05) is 35.0 Å². The number of non-ortho nitro benzene ring substituents is 1. The molecule has 1 aromatic heterocycles.